The quantitative estimate of drug-likeness (QED) is 0.521. The maximum atomic E-state index is 3.51. The Kier molecular flexibility index (Phi) is 18.4. The first-order valence-electron chi connectivity index (χ1n) is 3.34. The van der Waals surface area contributed by atoms with Crippen LogP contribution < -0.4 is 0 Å². The Morgan fingerprint density at radius 2 is 1.50 bits per heavy atom. The van der Waals surface area contributed by atoms with Gasteiger partial charge in [-0.2, -0.15) is 0 Å². The number of hydrogen-bond donors (Lipinski definition) is 0. The van der Waals surface area contributed by atoms with Crippen LogP contribution in [0.1, 0.15) is 13.3 Å². The molecule has 0 aromatic heterocycles. The molecule has 0 radical (unpaired) electrons. The van der Waals surface area contributed by atoms with Gasteiger partial charge >= 0.3 is 0 Å². The lowest BCUT2D eigenvalue weighted by molar-refractivity contribution is 1.22. The van der Waals surface area contributed by atoms with Gasteiger partial charge in [0.2, 0.25) is 0 Å². The van der Waals surface area contributed by atoms with Crippen LogP contribution in [0.4, 0.5) is 0 Å². The summed E-state index contributed by atoms with van der Waals surface area (Å²) in [6, 6.07) is 0. The predicted octanol–water partition coefficient (Wildman–Crippen LogP) is 3.50. The van der Waals surface area contributed by atoms with E-state index in [1.807, 2.05) is 6.08 Å². The van der Waals surface area contributed by atoms with Crippen LogP contribution in [0.25, 0.3) is 0 Å². The van der Waals surface area contributed by atoms with Gasteiger partial charge < -0.3 is 0 Å². The van der Waals surface area contributed by atoms with E-state index in [9.17, 15) is 0 Å². The number of allylic oxidation sites excluding steroid dienone is 5. The van der Waals surface area contributed by atoms with E-state index in [1.165, 1.54) is 0 Å². The van der Waals surface area contributed by atoms with Crippen molar-refractivity contribution < 1.29 is 0 Å². The van der Waals surface area contributed by atoms with E-state index < -0.39 is 0 Å². The standard InChI is InChI=1S/C6H10.C4H6/c1-3-5-6-4-2;1-3-4-2/h3,5-6H,1,4H2,2H3;3-4H,1-2H2/b6-5+;. The second-order valence-corrected chi connectivity index (χ2v) is 1.54. The zero-order valence-corrected chi connectivity index (χ0v) is 6.72. The van der Waals surface area contributed by atoms with Crippen LogP contribution in [-0.4, -0.2) is 0 Å². The largest absolute Gasteiger partial charge is 0.0991 e. The molecule has 0 bridgehead atoms. The van der Waals surface area contributed by atoms with Gasteiger partial charge in [-0.1, -0.05) is 57.0 Å². The van der Waals surface area contributed by atoms with Crippen LogP contribution >= 0.6 is 0 Å². The highest BCUT2D eigenvalue weighted by molar-refractivity contribution is 4.96. The van der Waals surface area contributed by atoms with Crippen molar-refractivity contribution in [3.8, 4) is 0 Å². The van der Waals surface area contributed by atoms with Gasteiger partial charge in [0.25, 0.3) is 0 Å². The Balaban J connectivity index is 0. The Hall–Kier alpha value is -1.04. The minimum absolute atomic E-state index is 1.10. The van der Waals surface area contributed by atoms with Crippen LogP contribution in [0.5, 0.6) is 0 Å². The second kappa shape index (κ2) is 15.7. The minimum Gasteiger partial charge on any atom is -0.0991 e. The zero-order chi connectivity index (χ0) is 8.24. The van der Waals surface area contributed by atoms with E-state index in [0.717, 1.165) is 6.42 Å². The maximum absolute atomic E-state index is 3.51. The van der Waals surface area contributed by atoms with Crippen LogP contribution in [0.3, 0.4) is 0 Å². The summed E-state index contributed by atoms with van der Waals surface area (Å²) in [7, 11) is 0. The summed E-state index contributed by atoms with van der Waals surface area (Å²) < 4.78 is 0. The Morgan fingerprint density at radius 3 is 1.60 bits per heavy atom. The molecule has 0 heteroatoms. The SMILES string of the molecule is C=C/C=C/CC.C=CC=C. The molecule has 0 spiro atoms. The third-order valence-electron chi connectivity index (χ3n) is 0.675. The first kappa shape index (κ1) is 11.7. The number of hydrogen-bond acceptors (Lipinski definition) is 0. The fourth-order valence-electron chi connectivity index (χ4n) is 0.232. The summed E-state index contributed by atoms with van der Waals surface area (Å²) in [6.07, 6.45) is 10.2. The van der Waals surface area contributed by atoms with Gasteiger partial charge in [-0.05, 0) is 6.42 Å². The molecule has 56 valence electrons. The van der Waals surface area contributed by atoms with E-state index in [4.69, 9.17) is 0 Å². The summed E-state index contributed by atoms with van der Waals surface area (Å²) in [5.74, 6) is 0. The smallest absolute Gasteiger partial charge is 0.0376 e. The summed E-state index contributed by atoms with van der Waals surface area (Å²) in [5, 5.41) is 0. The zero-order valence-electron chi connectivity index (χ0n) is 6.72. The van der Waals surface area contributed by atoms with Gasteiger partial charge in [0, 0.05) is 0 Å². The molecule has 10 heavy (non-hydrogen) atoms. The summed E-state index contributed by atoms with van der Waals surface area (Å²) in [5.41, 5.74) is 0. The first-order valence-corrected chi connectivity index (χ1v) is 3.34. The van der Waals surface area contributed by atoms with Crippen molar-refractivity contribution in [1.29, 1.82) is 0 Å². The lowest BCUT2D eigenvalue weighted by atomic mass is 10.4. The summed E-state index contributed by atoms with van der Waals surface area (Å²) in [6.45, 7) is 12.3. The van der Waals surface area contributed by atoms with Crippen LogP contribution in [0, 0.1) is 0 Å². The summed E-state index contributed by atoms with van der Waals surface area (Å²) >= 11 is 0. The molecular weight excluding hydrogens is 120 g/mol. The van der Waals surface area contributed by atoms with Crippen LogP contribution in [0.15, 0.2) is 50.1 Å². The van der Waals surface area contributed by atoms with Crippen molar-refractivity contribution in [3.05, 3.63) is 50.1 Å². The number of rotatable bonds is 3. The van der Waals surface area contributed by atoms with Crippen molar-refractivity contribution in [2.75, 3.05) is 0 Å². The molecule has 0 rings (SSSR count). The van der Waals surface area contributed by atoms with Gasteiger partial charge in [-0.15, -0.1) is 0 Å². The highest BCUT2D eigenvalue weighted by Crippen LogP contribution is 1.76. The van der Waals surface area contributed by atoms with E-state index in [1.54, 1.807) is 18.2 Å². The van der Waals surface area contributed by atoms with E-state index >= 15 is 0 Å². The van der Waals surface area contributed by atoms with Crippen LogP contribution in [0.2, 0.25) is 0 Å². The third-order valence-corrected chi connectivity index (χ3v) is 0.675. The van der Waals surface area contributed by atoms with Crippen molar-refractivity contribution in [1.82, 2.24) is 0 Å². The normalized spacial score (nSPS) is 7.70. The fourth-order valence-corrected chi connectivity index (χ4v) is 0.232. The van der Waals surface area contributed by atoms with Gasteiger partial charge in [-0.3, -0.25) is 0 Å². The van der Waals surface area contributed by atoms with Gasteiger partial charge in [0.05, 0.1) is 0 Å². The van der Waals surface area contributed by atoms with Crippen LogP contribution in [-0.2, 0) is 0 Å². The molecule has 0 atom stereocenters. The molecule has 0 aliphatic carbocycles. The molecule has 0 saturated carbocycles. The lowest BCUT2D eigenvalue weighted by Crippen LogP contribution is -1.46. The average molecular weight is 136 g/mol. The van der Waals surface area contributed by atoms with Gasteiger partial charge in [0.15, 0.2) is 0 Å². The third kappa shape index (κ3) is 28.2. The van der Waals surface area contributed by atoms with E-state index in [2.05, 4.69) is 32.7 Å². The first-order chi connectivity index (χ1) is 4.83. The molecule has 0 aliphatic rings. The molecule has 0 unspecified atom stereocenters. The molecule has 0 saturated heterocycles. The molecule has 0 fully saturated rings. The Morgan fingerprint density at radius 1 is 1.00 bits per heavy atom. The van der Waals surface area contributed by atoms with Crippen molar-refractivity contribution in [3.63, 3.8) is 0 Å². The van der Waals surface area contributed by atoms with Gasteiger partial charge in [0.1, 0.15) is 0 Å². The van der Waals surface area contributed by atoms with Gasteiger partial charge in [-0.25, -0.2) is 0 Å². The average Bonchev–Trinajstić information content (AvgIpc) is 2.01. The molecule has 0 heterocycles. The summed E-state index contributed by atoms with van der Waals surface area (Å²) in [4.78, 5) is 0. The Bertz CT molecular complexity index is 101. The maximum Gasteiger partial charge on any atom is -0.0376 e. The fraction of sp³-hybridized carbons (Fsp3) is 0.200. The van der Waals surface area contributed by atoms with Crippen molar-refractivity contribution >= 4 is 0 Å². The highest BCUT2D eigenvalue weighted by Gasteiger charge is 1.55. The van der Waals surface area contributed by atoms with Crippen molar-refractivity contribution in [2.24, 2.45) is 0 Å². The van der Waals surface area contributed by atoms with Crippen molar-refractivity contribution in [2.45, 2.75) is 13.3 Å². The predicted molar refractivity (Wildman–Crippen MR) is 50.0 cm³/mol. The molecule has 0 aromatic carbocycles. The molecule has 0 N–H and O–H groups in total. The van der Waals surface area contributed by atoms with E-state index in [-0.39, 0.29) is 0 Å². The molecule has 0 aliphatic heterocycles. The highest BCUT2D eigenvalue weighted by atomic mass is 13.6. The van der Waals surface area contributed by atoms with E-state index in [0.29, 0.717) is 0 Å². The topological polar surface area (TPSA) is 0 Å². The minimum atomic E-state index is 1.10. The lowest BCUT2D eigenvalue weighted by Gasteiger charge is -1.67. The molecule has 0 amide bonds. The molecule has 0 nitrogen and oxygen atoms in total. The second-order valence-electron chi connectivity index (χ2n) is 1.54. The Labute approximate surface area is 64.3 Å². The molecule has 0 aromatic rings. The monoisotopic (exact) mass is 136 g/mol. The molecular formula is C10H16.